The number of aromatic carboxylic acids is 1. The van der Waals surface area contributed by atoms with Gasteiger partial charge in [0.15, 0.2) is 0 Å². The van der Waals surface area contributed by atoms with Gasteiger partial charge in [-0.05, 0) is 42.8 Å². The third-order valence-corrected chi connectivity index (χ3v) is 4.91. The van der Waals surface area contributed by atoms with Crippen LogP contribution < -0.4 is 0 Å². The molecular formula is C16H23NO2S. The van der Waals surface area contributed by atoms with Crippen LogP contribution in [0.2, 0.25) is 0 Å². The Hall–Kier alpha value is -1.00. The number of benzene rings is 1. The number of rotatable bonds is 5. The summed E-state index contributed by atoms with van der Waals surface area (Å²) < 4.78 is 0. The van der Waals surface area contributed by atoms with Gasteiger partial charge in [0.25, 0.3) is 0 Å². The van der Waals surface area contributed by atoms with E-state index in [9.17, 15) is 4.79 Å². The molecule has 1 N–H and O–H groups in total. The number of hydrogen-bond acceptors (Lipinski definition) is 3. The average Bonchev–Trinajstić information content (AvgIpc) is 2.65. The zero-order valence-electron chi connectivity index (χ0n) is 12.0. The van der Waals surface area contributed by atoms with E-state index in [0.29, 0.717) is 5.56 Å². The molecule has 1 heterocycles. The van der Waals surface area contributed by atoms with Crippen molar-refractivity contribution in [2.75, 3.05) is 18.8 Å². The summed E-state index contributed by atoms with van der Waals surface area (Å²) in [7, 11) is 0. The summed E-state index contributed by atoms with van der Waals surface area (Å²) in [5.41, 5.74) is 1.57. The number of hydrogen-bond donors (Lipinski definition) is 1. The number of likely N-dealkylation sites (tertiary alicyclic amines) is 1. The van der Waals surface area contributed by atoms with Crippen LogP contribution in [0.3, 0.4) is 0 Å². The van der Waals surface area contributed by atoms with Crippen molar-refractivity contribution < 1.29 is 9.90 Å². The third-order valence-electron chi connectivity index (χ3n) is 3.72. The van der Waals surface area contributed by atoms with Crippen LogP contribution in [0.25, 0.3) is 0 Å². The summed E-state index contributed by atoms with van der Waals surface area (Å²) in [4.78, 5) is 13.4. The number of carboxylic acids is 1. The second-order valence-corrected chi connectivity index (χ2v) is 6.89. The van der Waals surface area contributed by atoms with Crippen LogP contribution in [-0.4, -0.2) is 40.1 Å². The Bertz CT molecular complexity index is 433. The Morgan fingerprint density at radius 3 is 2.75 bits per heavy atom. The minimum absolute atomic E-state index is 0.365. The molecule has 20 heavy (non-hydrogen) atoms. The summed E-state index contributed by atoms with van der Waals surface area (Å²) in [6.45, 7) is 5.46. The first-order chi connectivity index (χ1) is 9.69. The van der Waals surface area contributed by atoms with Gasteiger partial charge in [0, 0.05) is 18.3 Å². The maximum absolute atomic E-state index is 10.8. The topological polar surface area (TPSA) is 40.5 Å². The Balaban J connectivity index is 1.95. The molecule has 1 aliphatic heterocycles. The van der Waals surface area contributed by atoms with Crippen molar-refractivity contribution in [3.05, 3.63) is 35.4 Å². The van der Waals surface area contributed by atoms with Crippen molar-refractivity contribution in [3.8, 4) is 0 Å². The van der Waals surface area contributed by atoms with E-state index >= 15 is 0 Å². The van der Waals surface area contributed by atoms with Gasteiger partial charge in [-0.15, -0.1) is 0 Å². The fourth-order valence-corrected chi connectivity index (χ4v) is 3.83. The van der Waals surface area contributed by atoms with Gasteiger partial charge in [0.2, 0.25) is 0 Å². The predicted molar refractivity (Wildman–Crippen MR) is 84.4 cm³/mol. The Morgan fingerprint density at radius 2 is 2.10 bits per heavy atom. The largest absolute Gasteiger partial charge is 0.478 e. The quantitative estimate of drug-likeness (QED) is 0.902. The van der Waals surface area contributed by atoms with E-state index in [0.717, 1.165) is 24.9 Å². The van der Waals surface area contributed by atoms with E-state index < -0.39 is 5.97 Å². The molecule has 1 aliphatic rings. The first-order valence-corrected chi connectivity index (χ1v) is 8.40. The molecule has 1 saturated heterocycles. The summed E-state index contributed by atoms with van der Waals surface area (Å²) in [5, 5.41) is 9.67. The SMILES string of the molecule is CCSC1CCCCN(Cc2ccc(C(=O)O)cc2)C1. The van der Waals surface area contributed by atoms with Gasteiger partial charge < -0.3 is 5.11 Å². The molecule has 1 unspecified atom stereocenters. The summed E-state index contributed by atoms with van der Waals surface area (Å²) >= 11 is 2.07. The summed E-state index contributed by atoms with van der Waals surface area (Å²) in [5.74, 6) is 0.331. The maximum Gasteiger partial charge on any atom is 0.335 e. The van der Waals surface area contributed by atoms with Gasteiger partial charge in [-0.2, -0.15) is 11.8 Å². The van der Waals surface area contributed by atoms with Crippen molar-refractivity contribution in [1.82, 2.24) is 4.90 Å². The van der Waals surface area contributed by atoms with Crippen LogP contribution in [0, 0.1) is 0 Å². The molecule has 1 fully saturated rings. The summed E-state index contributed by atoms with van der Waals surface area (Å²) in [6.07, 6.45) is 3.92. The van der Waals surface area contributed by atoms with E-state index in [4.69, 9.17) is 5.11 Å². The van der Waals surface area contributed by atoms with Gasteiger partial charge in [0.1, 0.15) is 0 Å². The van der Waals surface area contributed by atoms with E-state index in [1.807, 2.05) is 12.1 Å². The average molecular weight is 293 g/mol. The lowest BCUT2D eigenvalue weighted by molar-refractivity contribution is 0.0697. The van der Waals surface area contributed by atoms with E-state index in [1.54, 1.807) is 12.1 Å². The predicted octanol–water partition coefficient (Wildman–Crippen LogP) is 3.49. The van der Waals surface area contributed by atoms with Gasteiger partial charge in [-0.1, -0.05) is 25.5 Å². The van der Waals surface area contributed by atoms with Gasteiger partial charge in [-0.25, -0.2) is 4.79 Å². The van der Waals surface area contributed by atoms with Crippen LogP contribution in [0.1, 0.15) is 42.1 Å². The van der Waals surface area contributed by atoms with Crippen LogP contribution >= 0.6 is 11.8 Å². The Morgan fingerprint density at radius 1 is 1.35 bits per heavy atom. The molecule has 4 heteroatoms. The molecule has 0 bridgehead atoms. The third kappa shape index (κ3) is 4.53. The Kier molecular flexibility index (Phi) is 5.92. The lowest BCUT2D eigenvalue weighted by Crippen LogP contribution is -2.29. The molecule has 1 aromatic rings. The maximum atomic E-state index is 10.8. The van der Waals surface area contributed by atoms with Crippen molar-refractivity contribution in [3.63, 3.8) is 0 Å². The smallest absolute Gasteiger partial charge is 0.335 e. The van der Waals surface area contributed by atoms with E-state index in [2.05, 4.69) is 23.6 Å². The molecule has 0 aromatic heterocycles. The van der Waals surface area contributed by atoms with Crippen LogP contribution in [0.4, 0.5) is 0 Å². The highest BCUT2D eigenvalue weighted by atomic mass is 32.2. The molecule has 110 valence electrons. The summed E-state index contributed by atoms with van der Waals surface area (Å²) in [6, 6.07) is 7.29. The number of carboxylic acid groups (broad SMARTS) is 1. The minimum Gasteiger partial charge on any atom is -0.478 e. The highest BCUT2D eigenvalue weighted by Gasteiger charge is 2.18. The van der Waals surface area contributed by atoms with Gasteiger partial charge in [0.05, 0.1) is 5.56 Å². The molecule has 0 amide bonds. The molecule has 2 rings (SSSR count). The number of nitrogens with zero attached hydrogens (tertiary/aromatic N) is 1. The lowest BCUT2D eigenvalue weighted by Gasteiger charge is -2.23. The fraction of sp³-hybridized carbons (Fsp3) is 0.562. The first-order valence-electron chi connectivity index (χ1n) is 7.35. The van der Waals surface area contributed by atoms with Crippen LogP contribution in [0.5, 0.6) is 0 Å². The van der Waals surface area contributed by atoms with Gasteiger partial charge >= 0.3 is 5.97 Å². The van der Waals surface area contributed by atoms with Crippen LogP contribution in [0.15, 0.2) is 24.3 Å². The van der Waals surface area contributed by atoms with Crippen LogP contribution in [-0.2, 0) is 6.54 Å². The molecule has 0 saturated carbocycles. The lowest BCUT2D eigenvalue weighted by atomic mass is 10.1. The minimum atomic E-state index is -0.856. The highest BCUT2D eigenvalue weighted by molar-refractivity contribution is 7.99. The monoisotopic (exact) mass is 293 g/mol. The molecule has 0 spiro atoms. The zero-order chi connectivity index (χ0) is 14.4. The normalized spacial score (nSPS) is 20.6. The van der Waals surface area contributed by atoms with Crippen molar-refractivity contribution >= 4 is 17.7 Å². The first kappa shape index (κ1) is 15.4. The number of thioether (sulfide) groups is 1. The van der Waals surface area contributed by atoms with Crippen molar-refractivity contribution in [2.24, 2.45) is 0 Å². The van der Waals surface area contributed by atoms with E-state index in [-0.39, 0.29) is 0 Å². The molecule has 3 nitrogen and oxygen atoms in total. The second-order valence-electron chi connectivity index (χ2n) is 5.31. The molecular weight excluding hydrogens is 270 g/mol. The van der Waals surface area contributed by atoms with Crippen molar-refractivity contribution in [2.45, 2.75) is 38.0 Å². The molecule has 1 atom stereocenters. The second kappa shape index (κ2) is 7.70. The molecule has 1 aromatic carbocycles. The van der Waals surface area contributed by atoms with Crippen molar-refractivity contribution in [1.29, 1.82) is 0 Å². The standard InChI is InChI=1S/C16H23NO2S/c1-2-20-15-5-3-4-10-17(12-15)11-13-6-8-14(9-7-13)16(18)19/h6-9,15H,2-5,10-12H2,1H3,(H,18,19). The number of carbonyl (C=O) groups is 1. The molecule has 0 aliphatic carbocycles. The van der Waals surface area contributed by atoms with Gasteiger partial charge in [-0.3, -0.25) is 4.90 Å². The Labute approximate surface area is 125 Å². The van der Waals surface area contributed by atoms with E-state index in [1.165, 1.54) is 30.6 Å². The fourth-order valence-electron chi connectivity index (χ4n) is 2.70. The zero-order valence-corrected chi connectivity index (χ0v) is 12.9. The highest BCUT2D eigenvalue weighted by Crippen LogP contribution is 2.23. The molecule has 0 radical (unpaired) electrons.